The van der Waals surface area contributed by atoms with E-state index in [2.05, 4.69) is 0 Å². The van der Waals surface area contributed by atoms with E-state index < -0.39 is 41.1 Å². The summed E-state index contributed by atoms with van der Waals surface area (Å²) in [7, 11) is 0. The predicted molar refractivity (Wildman–Crippen MR) is 86.4 cm³/mol. The molecule has 2 atom stereocenters. The predicted octanol–water partition coefficient (Wildman–Crippen LogP) is 4.95. The Morgan fingerprint density at radius 3 is 2.46 bits per heavy atom. The Bertz CT molecular complexity index is 760. The number of benzene rings is 1. The van der Waals surface area contributed by atoms with Crippen molar-refractivity contribution in [2.45, 2.75) is 37.4 Å². The Morgan fingerprint density at radius 1 is 1.35 bits per heavy atom. The number of carbonyl (C=O) groups excluding carboxylic acids is 1. The van der Waals surface area contributed by atoms with E-state index in [0.717, 1.165) is 30.8 Å². The fourth-order valence-electron chi connectivity index (χ4n) is 2.78. The summed E-state index contributed by atoms with van der Waals surface area (Å²) in [6.07, 6.45) is -3.35. The average molecular weight is 396 g/mol. The monoisotopic (exact) mass is 396 g/mol. The van der Waals surface area contributed by atoms with Gasteiger partial charge in [0.25, 0.3) is 0 Å². The fraction of sp³-hybridized carbons (Fsp3) is 0.471. The molecular weight excluding hydrogens is 379 g/mol. The molecule has 1 aromatic carbocycles. The van der Waals surface area contributed by atoms with E-state index in [0.29, 0.717) is 0 Å². The van der Waals surface area contributed by atoms with E-state index in [4.69, 9.17) is 9.47 Å². The van der Waals surface area contributed by atoms with E-state index >= 15 is 0 Å². The zero-order valence-corrected chi connectivity index (χ0v) is 15.3. The molecule has 0 saturated heterocycles. The molecule has 144 valence electrons. The Kier molecular flexibility index (Phi) is 5.60. The van der Waals surface area contributed by atoms with Crippen LogP contribution < -0.4 is 0 Å². The van der Waals surface area contributed by atoms with Gasteiger partial charge in [0, 0.05) is 11.5 Å². The lowest BCUT2D eigenvalue weighted by Crippen LogP contribution is -2.47. The van der Waals surface area contributed by atoms with Gasteiger partial charge in [0.2, 0.25) is 11.4 Å². The van der Waals surface area contributed by atoms with Crippen LogP contribution in [0.4, 0.5) is 22.0 Å². The molecule has 0 fully saturated rings. The molecule has 0 aromatic heterocycles. The number of esters is 1. The molecule has 26 heavy (non-hydrogen) atoms. The fourth-order valence-corrected chi connectivity index (χ4v) is 3.45. The van der Waals surface area contributed by atoms with Gasteiger partial charge in [0.05, 0.1) is 11.5 Å². The van der Waals surface area contributed by atoms with E-state index in [-0.39, 0.29) is 22.6 Å². The van der Waals surface area contributed by atoms with Crippen LogP contribution in [0.15, 0.2) is 22.8 Å². The molecular formula is C17H17F5O3S. The zero-order valence-electron chi connectivity index (χ0n) is 14.5. The molecule has 0 saturated carbocycles. The van der Waals surface area contributed by atoms with Gasteiger partial charge in [-0.1, -0.05) is 13.0 Å². The molecule has 0 bridgehead atoms. The SMILES string of the molecule is CCOC(=O)C1=C(c2ccc(F)c(F)c2SC)[C@H](C)[C@](C)(C(F)(F)F)O1. The van der Waals surface area contributed by atoms with Gasteiger partial charge in [-0.25, -0.2) is 13.6 Å². The lowest BCUT2D eigenvalue weighted by atomic mass is 9.82. The summed E-state index contributed by atoms with van der Waals surface area (Å²) < 4.78 is 78.3. The Hall–Kier alpha value is -1.77. The van der Waals surface area contributed by atoms with Crippen LogP contribution in [0.5, 0.6) is 0 Å². The number of carbonyl (C=O) groups is 1. The Balaban J connectivity index is 2.73. The Labute approximate surface area is 151 Å². The van der Waals surface area contributed by atoms with Crippen molar-refractivity contribution < 1.29 is 36.2 Å². The molecule has 0 amide bonds. The molecule has 0 radical (unpaired) electrons. The first-order chi connectivity index (χ1) is 12.0. The number of ether oxygens (including phenoxy) is 2. The number of hydrogen-bond acceptors (Lipinski definition) is 4. The highest BCUT2D eigenvalue weighted by Crippen LogP contribution is 2.53. The first-order valence-electron chi connectivity index (χ1n) is 7.68. The van der Waals surface area contributed by atoms with Gasteiger partial charge in [0.15, 0.2) is 11.6 Å². The third-order valence-electron chi connectivity index (χ3n) is 4.39. The van der Waals surface area contributed by atoms with Crippen molar-refractivity contribution in [2.24, 2.45) is 5.92 Å². The lowest BCUT2D eigenvalue weighted by molar-refractivity contribution is -0.262. The highest BCUT2D eigenvalue weighted by atomic mass is 32.2. The minimum Gasteiger partial charge on any atom is -0.470 e. The molecule has 1 aliphatic heterocycles. The minimum atomic E-state index is -4.80. The molecule has 3 nitrogen and oxygen atoms in total. The average Bonchev–Trinajstić information content (AvgIpc) is 2.83. The zero-order chi connectivity index (χ0) is 19.9. The molecule has 0 spiro atoms. The smallest absolute Gasteiger partial charge is 0.428 e. The molecule has 2 rings (SSSR count). The molecule has 1 aliphatic rings. The minimum absolute atomic E-state index is 0.0278. The van der Waals surface area contributed by atoms with Crippen LogP contribution in [0.2, 0.25) is 0 Å². The molecule has 0 aliphatic carbocycles. The van der Waals surface area contributed by atoms with E-state index in [9.17, 15) is 26.7 Å². The summed E-state index contributed by atoms with van der Waals surface area (Å²) in [5, 5.41) is 0. The van der Waals surface area contributed by atoms with Gasteiger partial charge in [0.1, 0.15) is 0 Å². The largest absolute Gasteiger partial charge is 0.470 e. The molecule has 1 heterocycles. The number of halogens is 5. The molecule has 0 unspecified atom stereocenters. The van der Waals surface area contributed by atoms with E-state index in [1.807, 2.05) is 0 Å². The van der Waals surface area contributed by atoms with Gasteiger partial charge in [-0.3, -0.25) is 0 Å². The van der Waals surface area contributed by atoms with Crippen molar-refractivity contribution in [3.8, 4) is 0 Å². The maximum Gasteiger partial charge on any atom is 0.428 e. The second-order valence-electron chi connectivity index (χ2n) is 5.83. The second kappa shape index (κ2) is 7.09. The highest BCUT2D eigenvalue weighted by Gasteiger charge is 2.63. The van der Waals surface area contributed by atoms with Crippen molar-refractivity contribution in [1.29, 1.82) is 0 Å². The molecule has 9 heteroatoms. The summed E-state index contributed by atoms with van der Waals surface area (Å²) in [6.45, 7) is 3.44. The number of rotatable bonds is 4. The van der Waals surface area contributed by atoms with Gasteiger partial charge in [-0.15, -0.1) is 11.8 Å². The standard InChI is InChI=1S/C17H17F5O3S/c1-5-24-15(23)13-11(8(2)16(3,25-13)17(20,21)22)9-6-7-10(18)12(19)14(9)26-4/h6-8H,5H2,1-4H3/t8-,16+/m0/s1. The molecule has 0 N–H and O–H groups in total. The van der Waals surface area contributed by atoms with Crippen LogP contribution in [0.25, 0.3) is 5.57 Å². The van der Waals surface area contributed by atoms with Crippen LogP contribution >= 0.6 is 11.8 Å². The first kappa shape index (κ1) is 20.5. The van der Waals surface area contributed by atoms with Crippen molar-refractivity contribution >= 4 is 23.3 Å². The summed E-state index contributed by atoms with van der Waals surface area (Å²) in [4.78, 5) is 12.0. The third-order valence-corrected chi connectivity index (χ3v) is 5.19. The van der Waals surface area contributed by atoms with Gasteiger partial charge in [-0.2, -0.15) is 13.2 Å². The summed E-state index contributed by atoms with van der Waals surface area (Å²) in [5.74, 6) is -5.41. The van der Waals surface area contributed by atoms with Crippen LogP contribution in [0.1, 0.15) is 26.3 Å². The van der Waals surface area contributed by atoms with E-state index in [1.54, 1.807) is 0 Å². The van der Waals surface area contributed by atoms with Crippen LogP contribution in [0, 0.1) is 17.6 Å². The van der Waals surface area contributed by atoms with Crippen molar-refractivity contribution in [2.75, 3.05) is 12.9 Å². The van der Waals surface area contributed by atoms with Gasteiger partial charge < -0.3 is 9.47 Å². The topological polar surface area (TPSA) is 35.5 Å². The first-order valence-corrected chi connectivity index (χ1v) is 8.91. The lowest BCUT2D eigenvalue weighted by Gasteiger charge is -2.32. The maximum absolute atomic E-state index is 14.1. The quantitative estimate of drug-likeness (QED) is 0.410. The van der Waals surface area contributed by atoms with Crippen LogP contribution in [0.3, 0.4) is 0 Å². The van der Waals surface area contributed by atoms with E-state index in [1.165, 1.54) is 20.1 Å². The highest BCUT2D eigenvalue weighted by molar-refractivity contribution is 7.98. The van der Waals surface area contributed by atoms with Crippen LogP contribution in [-0.2, 0) is 14.3 Å². The van der Waals surface area contributed by atoms with Crippen LogP contribution in [-0.4, -0.2) is 30.6 Å². The summed E-state index contributed by atoms with van der Waals surface area (Å²) in [5.41, 5.74) is -2.89. The van der Waals surface area contributed by atoms with Crippen molar-refractivity contribution in [1.82, 2.24) is 0 Å². The maximum atomic E-state index is 14.1. The third kappa shape index (κ3) is 3.17. The van der Waals surface area contributed by atoms with Gasteiger partial charge >= 0.3 is 12.1 Å². The number of thioether (sulfide) groups is 1. The molecule has 1 aromatic rings. The Morgan fingerprint density at radius 2 is 1.96 bits per heavy atom. The number of hydrogen-bond donors (Lipinski definition) is 0. The summed E-state index contributed by atoms with van der Waals surface area (Å²) >= 11 is 0.822. The van der Waals surface area contributed by atoms with Crippen molar-refractivity contribution in [3.63, 3.8) is 0 Å². The second-order valence-corrected chi connectivity index (χ2v) is 6.65. The normalized spacial score (nSPS) is 23.2. The van der Waals surface area contributed by atoms with Crippen molar-refractivity contribution in [3.05, 3.63) is 35.1 Å². The number of alkyl halides is 3. The van der Waals surface area contributed by atoms with Gasteiger partial charge in [-0.05, 0) is 31.7 Å². The summed E-state index contributed by atoms with van der Waals surface area (Å²) in [6, 6.07) is 1.94.